The molecular weight excluding hydrogens is 310 g/mol. The minimum atomic E-state index is 0.326. The molecule has 0 atom stereocenters. The first-order valence-corrected chi connectivity index (χ1v) is 9.16. The molecule has 2 nitrogen and oxygen atoms in total. The van der Waals surface area contributed by atoms with E-state index in [1.165, 1.54) is 4.70 Å². The first-order chi connectivity index (χ1) is 10.6. The first kappa shape index (κ1) is 15.4. The molecule has 22 heavy (non-hydrogen) atoms. The van der Waals surface area contributed by atoms with Crippen molar-refractivity contribution in [3.63, 3.8) is 0 Å². The smallest absolute Gasteiger partial charge is 0.151 e. The molecule has 0 saturated carbocycles. The standard InChI is InChI=1S/C18H19NOS2/c1-11(2)13-9-8-12(3)14(17(13)20)10-21-18-19-15-6-4-5-7-16(15)22-18/h4-9,11,20H,10H2,1-3H3. The van der Waals surface area contributed by atoms with E-state index in [9.17, 15) is 5.11 Å². The molecule has 2 aromatic carbocycles. The molecular formula is C18H19NOS2. The second-order valence-electron chi connectivity index (χ2n) is 5.69. The number of phenolic OH excluding ortho intramolecular Hbond substituents is 1. The summed E-state index contributed by atoms with van der Waals surface area (Å²) in [5, 5.41) is 10.5. The van der Waals surface area contributed by atoms with Crippen molar-refractivity contribution in [3.05, 3.63) is 53.1 Å². The number of para-hydroxylation sites is 1. The predicted molar refractivity (Wildman–Crippen MR) is 96.1 cm³/mol. The third-order valence-corrected chi connectivity index (χ3v) is 5.99. The van der Waals surface area contributed by atoms with Crippen LogP contribution in [0.25, 0.3) is 10.2 Å². The van der Waals surface area contributed by atoms with Gasteiger partial charge >= 0.3 is 0 Å². The number of fused-ring (bicyclic) bond motifs is 1. The lowest BCUT2D eigenvalue weighted by molar-refractivity contribution is 0.459. The second kappa shape index (κ2) is 6.31. The highest BCUT2D eigenvalue weighted by Gasteiger charge is 2.14. The van der Waals surface area contributed by atoms with Gasteiger partial charge in [-0.25, -0.2) is 4.98 Å². The van der Waals surface area contributed by atoms with Crippen molar-refractivity contribution >= 4 is 33.3 Å². The zero-order valence-corrected chi connectivity index (χ0v) is 14.6. The summed E-state index contributed by atoms with van der Waals surface area (Å²) >= 11 is 3.40. The molecule has 4 heteroatoms. The molecule has 0 aliphatic carbocycles. The summed E-state index contributed by atoms with van der Waals surface area (Å²) in [5.41, 5.74) is 4.23. The number of hydrogen-bond donors (Lipinski definition) is 1. The zero-order chi connectivity index (χ0) is 15.7. The molecule has 0 spiro atoms. The van der Waals surface area contributed by atoms with E-state index in [4.69, 9.17) is 0 Å². The van der Waals surface area contributed by atoms with Crippen LogP contribution in [0, 0.1) is 6.92 Å². The molecule has 0 bridgehead atoms. The number of phenols is 1. The lowest BCUT2D eigenvalue weighted by atomic mass is 9.97. The Morgan fingerprint density at radius 1 is 1.18 bits per heavy atom. The largest absolute Gasteiger partial charge is 0.507 e. The Bertz CT molecular complexity index is 775. The molecule has 3 aromatic rings. The molecule has 1 heterocycles. The van der Waals surface area contributed by atoms with Crippen LogP contribution >= 0.6 is 23.1 Å². The van der Waals surface area contributed by atoms with E-state index in [0.29, 0.717) is 11.7 Å². The van der Waals surface area contributed by atoms with E-state index in [1.807, 2.05) is 24.3 Å². The van der Waals surface area contributed by atoms with Gasteiger partial charge in [-0.1, -0.05) is 49.9 Å². The van der Waals surface area contributed by atoms with Crippen LogP contribution in [0.15, 0.2) is 40.7 Å². The van der Waals surface area contributed by atoms with Crippen LogP contribution in [0.3, 0.4) is 0 Å². The topological polar surface area (TPSA) is 33.1 Å². The van der Waals surface area contributed by atoms with Gasteiger partial charge in [0.05, 0.1) is 10.2 Å². The zero-order valence-electron chi connectivity index (χ0n) is 13.0. The summed E-state index contributed by atoms with van der Waals surface area (Å²) in [7, 11) is 0. The van der Waals surface area contributed by atoms with Crippen molar-refractivity contribution in [1.29, 1.82) is 0 Å². The minimum Gasteiger partial charge on any atom is -0.507 e. The Morgan fingerprint density at radius 3 is 2.68 bits per heavy atom. The average molecular weight is 329 g/mol. The highest BCUT2D eigenvalue weighted by atomic mass is 32.2. The van der Waals surface area contributed by atoms with Crippen LogP contribution in [-0.4, -0.2) is 10.1 Å². The fourth-order valence-corrected chi connectivity index (χ4v) is 4.62. The van der Waals surface area contributed by atoms with Gasteiger partial charge in [0, 0.05) is 11.3 Å². The quantitative estimate of drug-likeness (QED) is 0.621. The number of thioether (sulfide) groups is 1. The van der Waals surface area contributed by atoms with Gasteiger partial charge in [0.1, 0.15) is 5.75 Å². The fourth-order valence-electron chi connectivity index (χ4n) is 2.45. The summed E-state index contributed by atoms with van der Waals surface area (Å²) in [4.78, 5) is 4.64. The van der Waals surface area contributed by atoms with E-state index < -0.39 is 0 Å². The average Bonchev–Trinajstić information content (AvgIpc) is 2.89. The molecule has 0 fully saturated rings. The van der Waals surface area contributed by atoms with E-state index >= 15 is 0 Å². The molecule has 1 aromatic heterocycles. The van der Waals surface area contributed by atoms with Crippen LogP contribution < -0.4 is 0 Å². The van der Waals surface area contributed by atoms with Crippen LogP contribution in [0.4, 0.5) is 0 Å². The fraction of sp³-hybridized carbons (Fsp3) is 0.278. The Labute approximate surface area is 139 Å². The van der Waals surface area contributed by atoms with Gasteiger partial charge in [0.15, 0.2) is 4.34 Å². The highest BCUT2D eigenvalue weighted by molar-refractivity contribution is 8.00. The number of nitrogens with zero attached hydrogens (tertiary/aromatic N) is 1. The summed E-state index contributed by atoms with van der Waals surface area (Å²) in [6.07, 6.45) is 0. The second-order valence-corrected chi connectivity index (χ2v) is 7.94. The van der Waals surface area contributed by atoms with Gasteiger partial charge in [0.2, 0.25) is 0 Å². The third-order valence-electron chi connectivity index (χ3n) is 3.78. The number of benzene rings is 2. The highest BCUT2D eigenvalue weighted by Crippen LogP contribution is 2.37. The number of rotatable bonds is 4. The lowest BCUT2D eigenvalue weighted by Crippen LogP contribution is -1.95. The van der Waals surface area contributed by atoms with E-state index in [1.54, 1.807) is 23.1 Å². The van der Waals surface area contributed by atoms with Crippen LogP contribution in [0.2, 0.25) is 0 Å². The Morgan fingerprint density at radius 2 is 1.95 bits per heavy atom. The molecule has 0 aliphatic heterocycles. The normalized spacial score (nSPS) is 11.5. The van der Waals surface area contributed by atoms with Crippen molar-refractivity contribution in [3.8, 4) is 5.75 Å². The number of hydrogen-bond acceptors (Lipinski definition) is 4. The minimum absolute atomic E-state index is 0.326. The SMILES string of the molecule is Cc1ccc(C(C)C)c(O)c1CSc1nc2ccccc2s1. The molecule has 0 radical (unpaired) electrons. The number of aromatic nitrogens is 1. The van der Waals surface area contributed by atoms with Gasteiger partial charge in [-0.15, -0.1) is 11.3 Å². The van der Waals surface area contributed by atoms with Crippen LogP contribution in [0.5, 0.6) is 5.75 Å². The predicted octanol–water partition coefficient (Wildman–Crippen LogP) is 5.73. The Hall–Kier alpha value is -1.52. The van der Waals surface area contributed by atoms with Crippen molar-refractivity contribution in [2.75, 3.05) is 0 Å². The number of aromatic hydroxyl groups is 1. The maximum Gasteiger partial charge on any atom is 0.151 e. The molecule has 3 rings (SSSR count). The van der Waals surface area contributed by atoms with E-state index in [2.05, 4.69) is 37.9 Å². The van der Waals surface area contributed by atoms with Crippen LogP contribution in [0.1, 0.15) is 36.5 Å². The van der Waals surface area contributed by atoms with Gasteiger partial charge in [-0.3, -0.25) is 0 Å². The number of thiazole rings is 1. The van der Waals surface area contributed by atoms with Crippen molar-refractivity contribution in [2.24, 2.45) is 0 Å². The Kier molecular flexibility index (Phi) is 4.41. The number of aryl methyl sites for hydroxylation is 1. The monoisotopic (exact) mass is 329 g/mol. The van der Waals surface area contributed by atoms with Gasteiger partial charge in [-0.2, -0.15) is 0 Å². The van der Waals surface area contributed by atoms with Gasteiger partial charge in [0.25, 0.3) is 0 Å². The van der Waals surface area contributed by atoms with E-state index in [0.717, 1.165) is 32.3 Å². The summed E-state index contributed by atoms with van der Waals surface area (Å²) in [5.74, 6) is 1.52. The first-order valence-electron chi connectivity index (χ1n) is 7.36. The van der Waals surface area contributed by atoms with Crippen molar-refractivity contribution in [2.45, 2.75) is 36.8 Å². The summed E-state index contributed by atoms with van der Waals surface area (Å²) in [6, 6.07) is 12.3. The lowest BCUT2D eigenvalue weighted by Gasteiger charge is -2.14. The molecule has 1 N–H and O–H groups in total. The molecule has 0 amide bonds. The maximum absolute atomic E-state index is 10.5. The Balaban J connectivity index is 1.85. The van der Waals surface area contributed by atoms with E-state index in [-0.39, 0.29) is 0 Å². The van der Waals surface area contributed by atoms with Crippen LogP contribution in [-0.2, 0) is 5.75 Å². The maximum atomic E-state index is 10.5. The third kappa shape index (κ3) is 2.99. The van der Waals surface area contributed by atoms with Crippen molar-refractivity contribution in [1.82, 2.24) is 4.98 Å². The molecule has 0 unspecified atom stereocenters. The molecule has 0 saturated heterocycles. The molecule has 0 aliphatic rings. The summed E-state index contributed by atoms with van der Waals surface area (Å²) < 4.78 is 2.26. The van der Waals surface area contributed by atoms with Gasteiger partial charge in [-0.05, 0) is 36.1 Å². The molecule has 114 valence electrons. The summed E-state index contributed by atoms with van der Waals surface area (Å²) in [6.45, 7) is 6.27. The van der Waals surface area contributed by atoms with Crippen molar-refractivity contribution < 1.29 is 5.11 Å². The van der Waals surface area contributed by atoms with Gasteiger partial charge < -0.3 is 5.11 Å².